The molecule has 3 heterocycles. The first kappa shape index (κ1) is 41.6. The number of rotatable bonds is 6. The molecule has 9 aromatic rings. The van der Waals surface area contributed by atoms with Crippen molar-refractivity contribution in [2.75, 3.05) is 4.90 Å². The van der Waals surface area contributed by atoms with E-state index in [1.807, 2.05) is 78.9 Å². The second-order valence-electron chi connectivity index (χ2n) is 16.8. The van der Waals surface area contributed by atoms with Gasteiger partial charge in [0.2, 0.25) is 0 Å². The molecule has 0 saturated carbocycles. The highest BCUT2D eigenvalue weighted by Gasteiger charge is 2.53. The van der Waals surface area contributed by atoms with Crippen LogP contribution < -0.4 is 52.6 Å². The zero-order chi connectivity index (χ0) is 45.7. The zero-order valence-corrected chi connectivity index (χ0v) is 40.5. The second kappa shape index (κ2) is 15.6. The van der Waals surface area contributed by atoms with E-state index in [-0.39, 0.29) is 0 Å². The molecule has 67 heavy (non-hydrogen) atoms. The number of benzene rings is 9. The van der Waals surface area contributed by atoms with Crippen molar-refractivity contribution in [3.63, 3.8) is 0 Å². The summed E-state index contributed by atoms with van der Waals surface area (Å²) in [7, 11) is 0. The van der Waals surface area contributed by atoms with Crippen LogP contribution in [0.1, 0.15) is 16.7 Å². The van der Waals surface area contributed by atoms with Crippen LogP contribution in [0.3, 0.4) is 0 Å². The van der Waals surface area contributed by atoms with Crippen LogP contribution >= 0.6 is 18.1 Å². The number of hydrogen-bond donors (Lipinski definition) is 0. The first-order valence-electron chi connectivity index (χ1n) is 21.6. The van der Waals surface area contributed by atoms with E-state index in [1.54, 1.807) is 0 Å². The first-order chi connectivity index (χ1) is 32.7. The third-order valence-corrected chi connectivity index (χ3v) is 27.9. The molecule has 0 amide bonds. The van der Waals surface area contributed by atoms with Crippen LogP contribution in [-0.2, 0) is 35.4 Å². The van der Waals surface area contributed by atoms with Gasteiger partial charge in [0.05, 0.1) is 52.0 Å². The molecular formula is C57H33N4P3S3. The molecule has 0 bridgehead atoms. The van der Waals surface area contributed by atoms with Crippen molar-refractivity contribution in [2.45, 2.75) is 0 Å². The van der Waals surface area contributed by atoms with Gasteiger partial charge in [-0.25, -0.2) is 0 Å². The quantitative estimate of drug-likeness (QED) is 0.154. The third-order valence-electron chi connectivity index (χ3n) is 13.3. The Morgan fingerprint density at radius 2 is 0.612 bits per heavy atom. The Balaban J connectivity index is 1.33. The minimum absolute atomic E-state index is 0.567. The van der Waals surface area contributed by atoms with E-state index in [9.17, 15) is 15.8 Å². The molecule has 0 aliphatic carbocycles. The molecule has 3 aliphatic heterocycles. The highest BCUT2D eigenvalue weighted by atomic mass is 32.4. The Bertz CT molecular complexity index is 3690. The second-order valence-corrected chi connectivity index (χ2v) is 29.9. The van der Waals surface area contributed by atoms with Gasteiger partial charge in [0, 0.05) is 49.9 Å². The van der Waals surface area contributed by atoms with E-state index >= 15 is 0 Å². The largest absolute Gasteiger partial charge is 0.306 e. The molecule has 12 rings (SSSR count). The molecule has 0 aromatic heterocycles. The smallest absolute Gasteiger partial charge is 0.0991 e. The van der Waals surface area contributed by atoms with Gasteiger partial charge in [-0.3, -0.25) is 0 Å². The summed E-state index contributed by atoms with van der Waals surface area (Å²) in [5.74, 6) is 0. The van der Waals surface area contributed by atoms with E-state index < -0.39 is 18.1 Å². The Morgan fingerprint density at radius 3 is 0.925 bits per heavy atom. The SMILES string of the molecule is N#Cc1ccc(-c2cc3c4c(c2)P(=S)(c2ccccc2)c2cc(-c5cccc(C#N)c5)cc5c2N4c2c(cc(-c4cccc(C#N)c4)cc2P5(=S)c2ccccc2)P3(=S)c2ccccc2)cc1. The van der Waals surface area contributed by atoms with Gasteiger partial charge in [-0.15, -0.1) is 0 Å². The monoisotopic (exact) mass is 962 g/mol. The molecule has 2 atom stereocenters. The Labute approximate surface area is 404 Å². The summed E-state index contributed by atoms with van der Waals surface area (Å²) in [6.45, 7) is 0. The molecule has 0 fully saturated rings. The predicted molar refractivity (Wildman–Crippen MR) is 290 cm³/mol. The van der Waals surface area contributed by atoms with Crippen molar-refractivity contribution >= 4 is 118 Å². The van der Waals surface area contributed by atoms with Gasteiger partial charge in [0.15, 0.2) is 0 Å². The summed E-state index contributed by atoms with van der Waals surface area (Å²) < 4.78 is 0. The third kappa shape index (κ3) is 6.03. The maximum Gasteiger partial charge on any atom is 0.0991 e. The van der Waals surface area contributed by atoms with Crippen LogP contribution in [0.2, 0.25) is 0 Å². The molecular weight excluding hydrogens is 930 g/mol. The van der Waals surface area contributed by atoms with Crippen LogP contribution in [0.5, 0.6) is 0 Å². The zero-order valence-electron chi connectivity index (χ0n) is 35.4. The molecule has 0 radical (unpaired) electrons. The Kier molecular flexibility index (Phi) is 9.72. The van der Waals surface area contributed by atoms with Gasteiger partial charge in [0.25, 0.3) is 0 Å². The molecule has 4 nitrogen and oxygen atoms in total. The Morgan fingerprint density at radius 1 is 0.299 bits per heavy atom. The van der Waals surface area contributed by atoms with E-state index in [1.165, 1.54) is 0 Å². The van der Waals surface area contributed by atoms with Crippen molar-refractivity contribution in [3.8, 4) is 51.6 Å². The average Bonchev–Trinajstić information content (AvgIpc) is 3.40. The Hall–Kier alpha value is -6.80. The van der Waals surface area contributed by atoms with Crippen LogP contribution in [0.25, 0.3) is 33.4 Å². The normalized spacial score (nSPS) is 19.0. The summed E-state index contributed by atoms with van der Waals surface area (Å²) in [5.41, 5.74) is 10.5. The lowest BCUT2D eigenvalue weighted by atomic mass is 10.00. The first-order valence-corrected chi connectivity index (χ1v) is 30.0. The van der Waals surface area contributed by atoms with E-state index in [0.29, 0.717) is 16.7 Å². The van der Waals surface area contributed by atoms with Crippen molar-refractivity contribution in [2.24, 2.45) is 0 Å². The number of nitriles is 3. The van der Waals surface area contributed by atoms with E-state index in [4.69, 9.17) is 35.4 Å². The number of hydrogen-bond acceptors (Lipinski definition) is 7. The van der Waals surface area contributed by atoms with Gasteiger partial charge in [-0.05, 0) is 122 Å². The molecule has 0 spiro atoms. The summed E-state index contributed by atoms with van der Waals surface area (Å²) >= 11 is 22.5. The summed E-state index contributed by atoms with van der Waals surface area (Å²) in [4.78, 5) is 2.49. The standard InChI is InChI=1S/C57H33N4P3S3/c58-34-37-22-24-40(25-23-37)43-28-49-55-50(29-43)63(66,47-18-6-2-7-19-47)52-31-45(42-15-11-13-39(27-42)36-60)33-54-57(52)61(55)56-51(62(49,65)46-16-4-1-5-17-46)30-44(41-14-10-12-38(26-41)35-59)32-53(56)64(54,67)48-20-8-3-9-21-48/h1-33H. The van der Waals surface area contributed by atoms with Crippen molar-refractivity contribution in [1.29, 1.82) is 15.8 Å². The van der Waals surface area contributed by atoms with Gasteiger partial charge >= 0.3 is 0 Å². The van der Waals surface area contributed by atoms with Crippen molar-refractivity contribution in [1.82, 2.24) is 0 Å². The summed E-state index contributed by atoms with van der Waals surface area (Å²) in [6, 6.07) is 66.8. The maximum absolute atomic E-state index is 10.2. The number of anilines is 3. The molecule has 10 heteroatoms. The summed E-state index contributed by atoms with van der Waals surface area (Å²) in [5, 5.41) is 39.6. The fraction of sp³-hybridized carbons (Fsp3) is 0. The van der Waals surface area contributed by atoms with Gasteiger partial charge in [0.1, 0.15) is 0 Å². The molecule has 0 saturated heterocycles. The lowest BCUT2D eigenvalue weighted by Crippen LogP contribution is -2.52. The number of nitrogens with zero attached hydrogens (tertiary/aromatic N) is 4. The molecule has 2 unspecified atom stereocenters. The topological polar surface area (TPSA) is 74.6 Å². The minimum atomic E-state index is -3.01. The molecule has 0 N–H and O–H groups in total. The van der Waals surface area contributed by atoms with Crippen molar-refractivity contribution in [3.05, 3.63) is 217 Å². The van der Waals surface area contributed by atoms with Crippen LogP contribution in [0.15, 0.2) is 200 Å². The van der Waals surface area contributed by atoms with Gasteiger partial charge in [-0.1, -0.05) is 163 Å². The maximum atomic E-state index is 10.2. The summed E-state index contributed by atoms with van der Waals surface area (Å²) in [6.07, 6.45) is 0. The molecule has 9 aromatic carbocycles. The van der Waals surface area contributed by atoms with Crippen LogP contribution in [0.4, 0.5) is 17.1 Å². The van der Waals surface area contributed by atoms with Crippen LogP contribution in [0, 0.1) is 34.0 Å². The van der Waals surface area contributed by atoms with E-state index in [0.717, 1.165) is 98.2 Å². The lowest BCUT2D eigenvalue weighted by molar-refractivity contribution is 1.33. The highest BCUT2D eigenvalue weighted by molar-refractivity contribution is 8.28. The fourth-order valence-electron chi connectivity index (χ4n) is 10.2. The lowest BCUT2D eigenvalue weighted by Gasteiger charge is -2.52. The molecule has 3 aliphatic rings. The van der Waals surface area contributed by atoms with Gasteiger partial charge in [-0.2, -0.15) is 15.8 Å². The average molecular weight is 963 g/mol. The van der Waals surface area contributed by atoms with Crippen molar-refractivity contribution < 1.29 is 0 Å². The van der Waals surface area contributed by atoms with Crippen LogP contribution in [-0.4, -0.2) is 0 Å². The van der Waals surface area contributed by atoms with E-state index in [2.05, 4.69) is 144 Å². The fourth-order valence-corrected chi connectivity index (χ4v) is 23.3. The predicted octanol–water partition coefficient (Wildman–Crippen LogP) is 9.98. The molecule has 314 valence electrons. The minimum Gasteiger partial charge on any atom is -0.306 e. The highest BCUT2D eigenvalue weighted by Crippen LogP contribution is 2.66. The van der Waals surface area contributed by atoms with Gasteiger partial charge < -0.3 is 4.90 Å².